The van der Waals surface area contributed by atoms with Gasteiger partial charge in [0, 0.05) is 17.5 Å². The molecule has 2 N–H and O–H groups in total. The Morgan fingerprint density at radius 3 is 3.00 bits per heavy atom. The lowest BCUT2D eigenvalue weighted by molar-refractivity contribution is -0.124. The molecule has 1 aliphatic carbocycles. The first-order chi connectivity index (χ1) is 9.68. The van der Waals surface area contributed by atoms with Gasteiger partial charge in [-0.25, -0.2) is 4.98 Å². The fourth-order valence-electron chi connectivity index (χ4n) is 3.12. The summed E-state index contributed by atoms with van der Waals surface area (Å²) in [5.74, 6) is 0.879. The van der Waals surface area contributed by atoms with E-state index in [4.69, 9.17) is 0 Å². The standard InChI is InChI=1S/C15H23N3OS/c1-11-10-20-14(17-11)15(6-2-7-15)18-13(19)4-3-12-5-8-16-9-12/h10,12,16H,2-9H2,1H3,(H,18,19). The van der Waals surface area contributed by atoms with Crippen LogP contribution in [0.5, 0.6) is 0 Å². The van der Waals surface area contributed by atoms with Gasteiger partial charge in [-0.1, -0.05) is 0 Å². The second kappa shape index (κ2) is 5.82. The Kier molecular flexibility index (Phi) is 4.08. The van der Waals surface area contributed by atoms with E-state index in [1.165, 1.54) is 12.8 Å². The summed E-state index contributed by atoms with van der Waals surface area (Å²) >= 11 is 1.68. The molecule has 1 aromatic heterocycles. The van der Waals surface area contributed by atoms with Crippen molar-refractivity contribution in [2.45, 2.75) is 51.0 Å². The van der Waals surface area contributed by atoms with E-state index in [2.05, 4.69) is 21.0 Å². The quantitative estimate of drug-likeness (QED) is 0.876. The molecule has 3 rings (SSSR count). The number of nitrogens with zero attached hydrogens (tertiary/aromatic N) is 1. The van der Waals surface area contributed by atoms with Crippen molar-refractivity contribution in [1.29, 1.82) is 0 Å². The Morgan fingerprint density at radius 1 is 1.60 bits per heavy atom. The maximum Gasteiger partial charge on any atom is 0.220 e. The molecule has 4 nitrogen and oxygen atoms in total. The van der Waals surface area contributed by atoms with E-state index < -0.39 is 0 Å². The minimum Gasteiger partial charge on any atom is -0.344 e. The summed E-state index contributed by atoms with van der Waals surface area (Å²) in [7, 11) is 0. The van der Waals surface area contributed by atoms with Gasteiger partial charge in [0.15, 0.2) is 0 Å². The average Bonchev–Trinajstić information content (AvgIpc) is 3.02. The molecule has 2 heterocycles. The Labute approximate surface area is 124 Å². The number of rotatable bonds is 5. The van der Waals surface area contributed by atoms with Crippen molar-refractivity contribution in [3.8, 4) is 0 Å². The van der Waals surface area contributed by atoms with Crippen molar-refractivity contribution in [3.63, 3.8) is 0 Å². The fourth-order valence-corrected chi connectivity index (χ4v) is 4.13. The van der Waals surface area contributed by atoms with Crippen LogP contribution in [0.1, 0.15) is 49.2 Å². The summed E-state index contributed by atoms with van der Waals surface area (Å²) in [4.78, 5) is 16.8. The van der Waals surface area contributed by atoms with Crippen molar-refractivity contribution in [1.82, 2.24) is 15.6 Å². The Hall–Kier alpha value is -0.940. The van der Waals surface area contributed by atoms with Crippen molar-refractivity contribution in [2.24, 2.45) is 5.92 Å². The number of hydrogen-bond donors (Lipinski definition) is 2. The molecule has 1 aliphatic heterocycles. The van der Waals surface area contributed by atoms with E-state index in [0.29, 0.717) is 12.3 Å². The number of amides is 1. The van der Waals surface area contributed by atoms with E-state index in [1.807, 2.05) is 6.92 Å². The third-order valence-corrected chi connectivity index (χ3v) is 5.72. The largest absolute Gasteiger partial charge is 0.344 e. The summed E-state index contributed by atoms with van der Waals surface area (Å²) in [6, 6.07) is 0. The van der Waals surface area contributed by atoms with Crippen LogP contribution in [0.25, 0.3) is 0 Å². The zero-order valence-corrected chi connectivity index (χ0v) is 12.9. The van der Waals surface area contributed by atoms with Crippen LogP contribution in [0.15, 0.2) is 5.38 Å². The van der Waals surface area contributed by atoms with Crippen LogP contribution < -0.4 is 10.6 Å². The predicted molar refractivity (Wildman–Crippen MR) is 80.7 cm³/mol. The van der Waals surface area contributed by atoms with Crippen molar-refractivity contribution < 1.29 is 4.79 Å². The van der Waals surface area contributed by atoms with Gasteiger partial charge in [0.05, 0.1) is 5.54 Å². The molecular formula is C15H23N3OS. The summed E-state index contributed by atoms with van der Waals surface area (Å²) < 4.78 is 0. The van der Waals surface area contributed by atoms with Gasteiger partial charge >= 0.3 is 0 Å². The fraction of sp³-hybridized carbons (Fsp3) is 0.733. The molecule has 1 unspecified atom stereocenters. The van der Waals surface area contributed by atoms with E-state index in [1.54, 1.807) is 11.3 Å². The molecule has 2 fully saturated rings. The Morgan fingerprint density at radius 2 is 2.45 bits per heavy atom. The minimum absolute atomic E-state index is 0.149. The molecule has 2 aliphatic rings. The molecule has 5 heteroatoms. The molecule has 1 aromatic rings. The first-order valence-electron chi connectivity index (χ1n) is 7.62. The zero-order chi connectivity index (χ0) is 14.0. The lowest BCUT2D eigenvalue weighted by Crippen LogP contribution is -2.50. The van der Waals surface area contributed by atoms with Gasteiger partial charge in [0.25, 0.3) is 0 Å². The first-order valence-corrected chi connectivity index (χ1v) is 8.50. The number of aromatic nitrogens is 1. The van der Waals surface area contributed by atoms with Crippen LogP contribution in [0.4, 0.5) is 0 Å². The molecule has 1 saturated carbocycles. The molecule has 0 spiro atoms. The molecule has 1 saturated heterocycles. The molecule has 0 radical (unpaired) electrons. The minimum atomic E-state index is -0.149. The van der Waals surface area contributed by atoms with E-state index in [9.17, 15) is 4.79 Å². The molecule has 1 atom stereocenters. The number of nitrogens with one attached hydrogen (secondary N) is 2. The van der Waals surface area contributed by atoms with Gasteiger partial charge in [-0.2, -0.15) is 0 Å². The highest BCUT2D eigenvalue weighted by atomic mass is 32.1. The normalized spacial score (nSPS) is 24.4. The summed E-state index contributed by atoms with van der Waals surface area (Å²) in [5, 5.41) is 9.80. The molecule has 0 bridgehead atoms. The molecule has 1 amide bonds. The van der Waals surface area contributed by atoms with Crippen molar-refractivity contribution >= 4 is 17.2 Å². The van der Waals surface area contributed by atoms with Gasteiger partial charge in [-0.15, -0.1) is 11.3 Å². The van der Waals surface area contributed by atoms with E-state index >= 15 is 0 Å². The SMILES string of the molecule is Cc1csc(C2(NC(=O)CCC3CCNC3)CCC2)n1. The topological polar surface area (TPSA) is 54.0 Å². The maximum absolute atomic E-state index is 12.2. The van der Waals surface area contributed by atoms with Crippen LogP contribution in [0.3, 0.4) is 0 Å². The number of carbonyl (C=O) groups excluding carboxylic acids is 1. The van der Waals surface area contributed by atoms with Crippen LogP contribution in [0, 0.1) is 12.8 Å². The molecule has 0 aromatic carbocycles. The van der Waals surface area contributed by atoms with Crippen LogP contribution in [-0.2, 0) is 10.3 Å². The van der Waals surface area contributed by atoms with E-state index in [-0.39, 0.29) is 11.4 Å². The van der Waals surface area contributed by atoms with Gasteiger partial charge in [-0.3, -0.25) is 4.79 Å². The van der Waals surface area contributed by atoms with Gasteiger partial charge in [0.1, 0.15) is 5.01 Å². The number of aryl methyl sites for hydroxylation is 1. The number of carbonyl (C=O) groups is 1. The first kappa shape index (κ1) is 14.0. The van der Waals surface area contributed by atoms with Crippen LogP contribution in [0.2, 0.25) is 0 Å². The summed E-state index contributed by atoms with van der Waals surface area (Å²) in [5.41, 5.74) is 0.909. The number of hydrogen-bond acceptors (Lipinski definition) is 4. The lowest BCUT2D eigenvalue weighted by Gasteiger charge is -2.41. The Bertz CT molecular complexity index is 475. The highest BCUT2D eigenvalue weighted by Gasteiger charge is 2.42. The molecule has 110 valence electrons. The van der Waals surface area contributed by atoms with Gasteiger partial charge in [-0.05, 0) is 58.0 Å². The predicted octanol–water partition coefficient (Wildman–Crippen LogP) is 2.34. The molecular weight excluding hydrogens is 270 g/mol. The average molecular weight is 293 g/mol. The monoisotopic (exact) mass is 293 g/mol. The number of thiazole rings is 1. The summed E-state index contributed by atoms with van der Waals surface area (Å²) in [6.45, 7) is 4.19. The highest BCUT2D eigenvalue weighted by Crippen LogP contribution is 2.42. The lowest BCUT2D eigenvalue weighted by atomic mass is 9.77. The van der Waals surface area contributed by atoms with Crippen molar-refractivity contribution in [2.75, 3.05) is 13.1 Å². The Balaban J connectivity index is 1.56. The third-order valence-electron chi connectivity index (χ3n) is 4.56. The summed E-state index contributed by atoms with van der Waals surface area (Å²) in [6.07, 6.45) is 6.13. The smallest absolute Gasteiger partial charge is 0.220 e. The highest BCUT2D eigenvalue weighted by molar-refractivity contribution is 7.09. The van der Waals surface area contributed by atoms with Crippen LogP contribution >= 0.6 is 11.3 Å². The van der Waals surface area contributed by atoms with Crippen molar-refractivity contribution in [3.05, 3.63) is 16.1 Å². The van der Waals surface area contributed by atoms with Gasteiger partial charge < -0.3 is 10.6 Å². The van der Waals surface area contributed by atoms with Crippen LogP contribution in [-0.4, -0.2) is 24.0 Å². The zero-order valence-electron chi connectivity index (χ0n) is 12.1. The second-order valence-electron chi connectivity index (χ2n) is 6.18. The molecule has 20 heavy (non-hydrogen) atoms. The second-order valence-corrected chi connectivity index (χ2v) is 7.03. The third kappa shape index (κ3) is 2.88. The van der Waals surface area contributed by atoms with Gasteiger partial charge in [0.2, 0.25) is 5.91 Å². The van der Waals surface area contributed by atoms with E-state index in [0.717, 1.165) is 43.1 Å². The maximum atomic E-state index is 12.2.